The monoisotopic (exact) mass is 254 g/mol. The second-order valence-corrected chi connectivity index (χ2v) is 5.39. The minimum absolute atomic E-state index is 0.246. The first-order chi connectivity index (χ1) is 8.17. The fourth-order valence-corrected chi connectivity index (χ4v) is 2.31. The second kappa shape index (κ2) is 7.69. The molecule has 1 aromatic rings. The predicted octanol–water partition coefficient (Wildman–Crippen LogP) is 2.47. The predicted molar refractivity (Wildman–Crippen MR) is 73.3 cm³/mol. The van der Waals surface area contributed by atoms with Gasteiger partial charge in [-0.15, -0.1) is 11.8 Å². The van der Waals surface area contributed by atoms with Gasteiger partial charge in [-0.3, -0.25) is 4.98 Å². The third-order valence-corrected chi connectivity index (χ3v) is 3.87. The van der Waals surface area contributed by atoms with Gasteiger partial charge in [-0.1, -0.05) is 13.8 Å². The van der Waals surface area contributed by atoms with Gasteiger partial charge in [0.25, 0.3) is 0 Å². The number of nitrogens with zero attached hydrogens (tertiary/aromatic N) is 1. The molecular weight excluding hydrogens is 232 g/mol. The Balaban J connectivity index is 2.50. The van der Waals surface area contributed by atoms with Crippen LogP contribution >= 0.6 is 11.8 Å². The van der Waals surface area contributed by atoms with Gasteiger partial charge in [0, 0.05) is 29.5 Å². The molecule has 0 aliphatic carbocycles. The number of nitrogens with one attached hydrogen (secondary N) is 1. The first kappa shape index (κ1) is 14.5. The summed E-state index contributed by atoms with van der Waals surface area (Å²) in [6, 6.07) is 4.47. The summed E-state index contributed by atoms with van der Waals surface area (Å²) < 4.78 is 0. The van der Waals surface area contributed by atoms with E-state index in [1.165, 1.54) is 0 Å². The summed E-state index contributed by atoms with van der Waals surface area (Å²) in [4.78, 5) is 5.62. The van der Waals surface area contributed by atoms with E-state index >= 15 is 0 Å². The summed E-state index contributed by atoms with van der Waals surface area (Å²) >= 11 is 1.74. The molecule has 1 aromatic heterocycles. The molecule has 0 saturated heterocycles. The number of hydrogen-bond donors (Lipinski definition) is 2. The van der Waals surface area contributed by atoms with Crippen LogP contribution < -0.4 is 5.32 Å². The molecule has 1 heterocycles. The maximum atomic E-state index is 8.95. The van der Waals surface area contributed by atoms with E-state index in [9.17, 15) is 0 Å². The van der Waals surface area contributed by atoms with Crippen molar-refractivity contribution in [3.63, 3.8) is 0 Å². The Kier molecular flexibility index (Phi) is 6.55. The Bertz CT molecular complexity index is 316. The lowest BCUT2D eigenvalue weighted by Gasteiger charge is -2.12. The molecular formula is C13H22N2OS. The van der Waals surface area contributed by atoms with Gasteiger partial charge in [0.2, 0.25) is 0 Å². The fourth-order valence-electron chi connectivity index (χ4n) is 1.44. The summed E-state index contributed by atoms with van der Waals surface area (Å²) in [5, 5.41) is 12.3. The zero-order chi connectivity index (χ0) is 12.7. The number of aliphatic hydroxyl groups excluding tert-OH is 1. The molecule has 2 N–H and O–H groups in total. The van der Waals surface area contributed by atoms with Crippen LogP contribution in [0.5, 0.6) is 0 Å². The van der Waals surface area contributed by atoms with Gasteiger partial charge in [0.15, 0.2) is 0 Å². The minimum atomic E-state index is 0.246. The van der Waals surface area contributed by atoms with Crippen molar-refractivity contribution in [2.75, 3.05) is 18.9 Å². The quantitative estimate of drug-likeness (QED) is 0.734. The number of thioether (sulfide) groups is 1. The topological polar surface area (TPSA) is 45.1 Å². The minimum Gasteiger partial charge on any atom is -0.396 e. The molecule has 2 atom stereocenters. The van der Waals surface area contributed by atoms with E-state index in [2.05, 4.69) is 36.3 Å². The molecule has 0 radical (unpaired) electrons. The average molecular weight is 254 g/mol. The average Bonchev–Trinajstić information content (AvgIpc) is 2.36. The van der Waals surface area contributed by atoms with Crippen molar-refractivity contribution in [1.29, 1.82) is 0 Å². The van der Waals surface area contributed by atoms with Crippen LogP contribution in [-0.4, -0.2) is 29.0 Å². The highest BCUT2D eigenvalue weighted by molar-refractivity contribution is 7.99. The second-order valence-electron chi connectivity index (χ2n) is 4.30. The maximum absolute atomic E-state index is 8.95. The lowest BCUT2D eigenvalue weighted by molar-refractivity contribution is 0.250. The normalized spacial score (nSPS) is 14.6. The summed E-state index contributed by atoms with van der Waals surface area (Å²) in [5.74, 6) is 1.26. The molecule has 1 rings (SSSR count). The van der Waals surface area contributed by atoms with E-state index in [0.29, 0.717) is 12.0 Å². The Hall–Kier alpha value is -0.580. The summed E-state index contributed by atoms with van der Waals surface area (Å²) in [7, 11) is 0. The Labute approximate surface area is 108 Å². The molecule has 0 aromatic carbocycles. The molecule has 0 amide bonds. The Morgan fingerprint density at radius 1 is 1.41 bits per heavy atom. The van der Waals surface area contributed by atoms with Crippen LogP contribution in [0.1, 0.15) is 32.5 Å². The number of aliphatic hydroxyl groups is 1. The van der Waals surface area contributed by atoms with E-state index in [1.54, 1.807) is 11.8 Å². The molecule has 0 spiro atoms. The highest BCUT2D eigenvalue weighted by Gasteiger charge is 2.06. The van der Waals surface area contributed by atoms with Gasteiger partial charge in [0.05, 0.1) is 5.69 Å². The fraction of sp³-hybridized carbons (Fsp3) is 0.615. The van der Waals surface area contributed by atoms with Gasteiger partial charge in [-0.25, -0.2) is 0 Å². The van der Waals surface area contributed by atoms with E-state index in [-0.39, 0.29) is 6.61 Å². The van der Waals surface area contributed by atoms with Crippen molar-refractivity contribution < 1.29 is 5.11 Å². The van der Waals surface area contributed by atoms with Gasteiger partial charge in [-0.2, -0.15) is 0 Å². The van der Waals surface area contributed by atoms with Crippen molar-refractivity contribution in [3.05, 3.63) is 24.0 Å². The number of rotatable bonds is 7. The smallest absolute Gasteiger partial charge is 0.0571 e. The third-order valence-electron chi connectivity index (χ3n) is 2.56. The SMILES string of the molecule is CCNC(C)c1ccc(SCC(C)CO)cn1. The van der Waals surface area contributed by atoms with Crippen LogP contribution in [0.3, 0.4) is 0 Å². The molecule has 4 heteroatoms. The van der Waals surface area contributed by atoms with Crippen LogP contribution in [-0.2, 0) is 0 Å². The summed E-state index contributed by atoms with van der Waals surface area (Å²) in [6.45, 7) is 7.45. The van der Waals surface area contributed by atoms with Crippen molar-refractivity contribution in [1.82, 2.24) is 10.3 Å². The molecule has 96 valence electrons. The Morgan fingerprint density at radius 2 is 2.18 bits per heavy atom. The lowest BCUT2D eigenvalue weighted by Crippen LogP contribution is -2.18. The molecule has 3 nitrogen and oxygen atoms in total. The van der Waals surface area contributed by atoms with Gasteiger partial charge >= 0.3 is 0 Å². The van der Waals surface area contributed by atoms with Crippen molar-refractivity contribution in [2.45, 2.75) is 31.7 Å². The van der Waals surface area contributed by atoms with E-state index in [0.717, 1.165) is 22.9 Å². The standard InChI is InChI=1S/C13H22N2OS/c1-4-14-11(3)13-6-5-12(7-15-13)17-9-10(2)8-16/h5-7,10-11,14,16H,4,8-9H2,1-3H3. The lowest BCUT2D eigenvalue weighted by atomic mass is 10.2. The molecule has 2 unspecified atom stereocenters. The van der Waals surface area contributed by atoms with Crippen molar-refractivity contribution >= 4 is 11.8 Å². The first-order valence-corrected chi connectivity index (χ1v) is 7.08. The van der Waals surface area contributed by atoms with Crippen molar-refractivity contribution in [3.8, 4) is 0 Å². The van der Waals surface area contributed by atoms with Crippen molar-refractivity contribution in [2.24, 2.45) is 5.92 Å². The van der Waals surface area contributed by atoms with Gasteiger partial charge in [0.1, 0.15) is 0 Å². The molecule has 0 aliphatic heterocycles. The summed E-state index contributed by atoms with van der Waals surface area (Å²) in [5.41, 5.74) is 1.08. The molecule has 0 bridgehead atoms. The third kappa shape index (κ3) is 5.06. The zero-order valence-corrected chi connectivity index (χ0v) is 11.6. The number of aromatic nitrogens is 1. The van der Waals surface area contributed by atoms with Crippen LogP contribution in [0, 0.1) is 5.92 Å². The molecule has 0 aliphatic rings. The Morgan fingerprint density at radius 3 is 2.71 bits per heavy atom. The van der Waals surface area contributed by atoms with Crippen LogP contribution in [0.4, 0.5) is 0 Å². The molecule has 17 heavy (non-hydrogen) atoms. The number of pyridine rings is 1. The highest BCUT2D eigenvalue weighted by atomic mass is 32.2. The van der Waals surface area contributed by atoms with E-state index < -0.39 is 0 Å². The van der Waals surface area contributed by atoms with Crippen LogP contribution in [0.15, 0.2) is 23.2 Å². The number of hydrogen-bond acceptors (Lipinski definition) is 4. The van der Waals surface area contributed by atoms with Crippen LogP contribution in [0.2, 0.25) is 0 Å². The van der Waals surface area contributed by atoms with Gasteiger partial charge < -0.3 is 10.4 Å². The molecule has 0 fully saturated rings. The van der Waals surface area contributed by atoms with Crippen LogP contribution in [0.25, 0.3) is 0 Å². The van der Waals surface area contributed by atoms with Gasteiger partial charge in [-0.05, 0) is 31.5 Å². The maximum Gasteiger partial charge on any atom is 0.0571 e. The zero-order valence-electron chi connectivity index (χ0n) is 10.8. The van der Waals surface area contributed by atoms with E-state index in [1.807, 2.05) is 13.1 Å². The largest absolute Gasteiger partial charge is 0.396 e. The highest BCUT2D eigenvalue weighted by Crippen LogP contribution is 2.21. The van der Waals surface area contributed by atoms with E-state index in [4.69, 9.17) is 5.11 Å². The first-order valence-electron chi connectivity index (χ1n) is 6.10. The summed E-state index contributed by atoms with van der Waals surface area (Å²) in [6.07, 6.45) is 1.91. The molecule has 0 saturated carbocycles.